The molecule has 0 aliphatic carbocycles. The van der Waals surface area contributed by atoms with Gasteiger partial charge in [0.25, 0.3) is 0 Å². The fourth-order valence-electron chi connectivity index (χ4n) is 1.89. The highest BCUT2D eigenvalue weighted by Crippen LogP contribution is 2.24. The van der Waals surface area contributed by atoms with Gasteiger partial charge in [-0.25, -0.2) is 0 Å². The molecule has 88 valence electrons. The third-order valence-corrected chi connectivity index (χ3v) is 2.93. The molecule has 0 saturated heterocycles. The van der Waals surface area contributed by atoms with E-state index < -0.39 is 0 Å². The largest absolute Gasteiger partial charge is 0.0985 e. The maximum Gasteiger partial charge on any atom is -0.0172 e. The van der Waals surface area contributed by atoms with Gasteiger partial charge in [-0.2, -0.15) is 0 Å². The average molecular weight is 232 g/mol. The fraction of sp³-hybridized carbons (Fsp3) is 0. The third kappa shape index (κ3) is 2.49. The number of rotatable bonds is 4. The molecule has 2 rings (SSSR count). The van der Waals surface area contributed by atoms with Gasteiger partial charge in [-0.3, -0.25) is 0 Å². The van der Waals surface area contributed by atoms with Gasteiger partial charge in [-0.05, 0) is 46.0 Å². The highest BCUT2D eigenvalue weighted by Gasteiger charge is 2.00. The molecule has 0 heteroatoms. The number of benzene rings is 2. The van der Waals surface area contributed by atoms with Crippen LogP contribution in [0, 0.1) is 0 Å². The van der Waals surface area contributed by atoms with E-state index in [1.54, 1.807) is 0 Å². The van der Waals surface area contributed by atoms with E-state index in [-0.39, 0.29) is 0 Å². The second kappa shape index (κ2) is 5.33. The van der Waals surface area contributed by atoms with Crippen LogP contribution in [0.15, 0.2) is 62.2 Å². The quantitative estimate of drug-likeness (QED) is 0.672. The SMILES string of the molecule is C=Cc1ccc(-c2cc(C=C)cc(C=C)c2)cc1. The summed E-state index contributed by atoms with van der Waals surface area (Å²) in [5, 5.41) is 0. The van der Waals surface area contributed by atoms with E-state index in [1.807, 2.05) is 18.2 Å². The van der Waals surface area contributed by atoms with Crippen molar-refractivity contribution in [3.8, 4) is 11.1 Å². The molecule has 0 radical (unpaired) electrons. The van der Waals surface area contributed by atoms with E-state index in [2.05, 4.69) is 62.2 Å². The van der Waals surface area contributed by atoms with Crippen LogP contribution in [-0.2, 0) is 0 Å². The Morgan fingerprint density at radius 1 is 0.556 bits per heavy atom. The molecule has 0 fully saturated rings. The van der Waals surface area contributed by atoms with Gasteiger partial charge in [0.2, 0.25) is 0 Å². The molecule has 0 atom stereocenters. The summed E-state index contributed by atoms with van der Waals surface area (Å²) in [6.07, 6.45) is 5.56. The Hall–Kier alpha value is -2.34. The smallest absolute Gasteiger partial charge is 0.0172 e. The van der Waals surface area contributed by atoms with Crippen LogP contribution < -0.4 is 0 Å². The van der Waals surface area contributed by atoms with Gasteiger partial charge < -0.3 is 0 Å². The maximum atomic E-state index is 3.82. The van der Waals surface area contributed by atoms with E-state index in [1.165, 1.54) is 11.1 Å². The predicted octanol–water partition coefficient (Wildman–Crippen LogP) is 5.28. The summed E-state index contributed by atoms with van der Waals surface area (Å²) in [4.78, 5) is 0. The molecular formula is C18H16. The fourth-order valence-corrected chi connectivity index (χ4v) is 1.89. The first-order valence-electron chi connectivity index (χ1n) is 5.89. The van der Waals surface area contributed by atoms with Crippen LogP contribution in [0.3, 0.4) is 0 Å². The van der Waals surface area contributed by atoms with E-state index in [9.17, 15) is 0 Å². The molecule has 0 saturated carbocycles. The highest BCUT2D eigenvalue weighted by atomic mass is 14.0. The van der Waals surface area contributed by atoms with Crippen LogP contribution in [0.4, 0.5) is 0 Å². The van der Waals surface area contributed by atoms with Crippen molar-refractivity contribution in [3.05, 3.63) is 78.9 Å². The van der Waals surface area contributed by atoms with Gasteiger partial charge in [0.05, 0.1) is 0 Å². The van der Waals surface area contributed by atoms with Gasteiger partial charge in [-0.1, -0.05) is 62.2 Å². The van der Waals surface area contributed by atoms with Crippen molar-refractivity contribution >= 4 is 18.2 Å². The summed E-state index contributed by atoms with van der Waals surface area (Å²) in [6.45, 7) is 11.4. The predicted molar refractivity (Wildman–Crippen MR) is 82.2 cm³/mol. The highest BCUT2D eigenvalue weighted by molar-refractivity contribution is 5.72. The van der Waals surface area contributed by atoms with Gasteiger partial charge in [0.1, 0.15) is 0 Å². The van der Waals surface area contributed by atoms with E-state index in [4.69, 9.17) is 0 Å². The molecule has 2 aromatic carbocycles. The van der Waals surface area contributed by atoms with Crippen LogP contribution in [0.25, 0.3) is 29.4 Å². The molecule has 0 unspecified atom stereocenters. The molecule has 0 aliphatic rings. The second-order valence-electron chi connectivity index (χ2n) is 4.12. The molecule has 0 spiro atoms. The van der Waals surface area contributed by atoms with Crippen molar-refractivity contribution in [2.75, 3.05) is 0 Å². The van der Waals surface area contributed by atoms with E-state index >= 15 is 0 Å². The second-order valence-corrected chi connectivity index (χ2v) is 4.12. The molecule has 0 nitrogen and oxygen atoms in total. The van der Waals surface area contributed by atoms with Gasteiger partial charge in [0.15, 0.2) is 0 Å². The van der Waals surface area contributed by atoms with Crippen LogP contribution in [0.5, 0.6) is 0 Å². The van der Waals surface area contributed by atoms with Crippen LogP contribution >= 0.6 is 0 Å². The summed E-state index contributed by atoms with van der Waals surface area (Å²) in [6, 6.07) is 14.7. The van der Waals surface area contributed by atoms with Crippen molar-refractivity contribution in [2.24, 2.45) is 0 Å². The minimum atomic E-state index is 1.11. The van der Waals surface area contributed by atoms with Crippen molar-refractivity contribution in [1.82, 2.24) is 0 Å². The summed E-state index contributed by atoms with van der Waals surface area (Å²) >= 11 is 0. The summed E-state index contributed by atoms with van der Waals surface area (Å²) in [5.41, 5.74) is 5.71. The summed E-state index contributed by atoms with van der Waals surface area (Å²) < 4.78 is 0. The lowest BCUT2D eigenvalue weighted by Crippen LogP contribution is -1.83. The zero-order chi connectivity index (χ0) is 13.0. The van der Waals surface area contributed by atoms with Crippen LogP contribution in [-0.4, -0.2) is 0 Å². The van der Waals surface area contributed by atoms with Crippen molar-refractivity contribution in [1.29, 1.82) is 0 Å². The molecule has 0 amide bonds. The normalized spacial score (nSPS) is 9.78. The maximum absolute atomic E-state index is 3.82. The van der Waals surface area contributed by atoms with Crippen LogP contribution in [0.1, 0.15) is 16.7 Å². The first-order valence-corrected chi connectivity index (χ1v) is 5.89. The molecule has 18 heavy (non-hydrogen) atoms. The number of hydrogen-bond donors (Lipinski definition) is 0. The zero-order valence-corrected chi connectivity index (χ0v) is 10.4. The lowest BCUT2D eigenvalue weighted by atomic mass is 9.99. The molecule has 0 aromatic heterocycles. The third-order valence-electron chi connectivity index (χ3n) is 2.93. The van der Waals surface area contributed by atoms with Gasteiger partial charge in [0, 0.05) is 0 Å². The van der Waals surface area contributed by atoms with Gasteiger partial charge >= 0.3 is 0 Å². The standard InChI is InChI=1S/C18H16/c1-4-14-7-9-17(10-8-14)18-12-15(5-2)11-16(6-3)13-18/h4-13H,1-3H2. The monoisotopic (exact) mass is 232 g/mol. The average Bonchev–Trinajstić information content (AvgIpc) is 2.46. The Kier molecular flexibility index (Phi) is 3.59. The topological polar surface area (TPSA) is 0 Å². The summed E-state index contributed by atoms with van der Waals surface area (Å²) in [5.74, 6) is 0. The Balaban J connectivity index is 2.51. The first-order chi connectivity index (χ1) is 8.76. The van der Waals surface area contributed by atoms with Crippen molar-refractivity contribution in [2.45, 2.75) is 0 Å². The Labute approximate surface area is 109 Å². The van der Waals surface area contributed by atoms with Crippen molar-refractivity contribution in [3.63, 3.8) is 0 Å². The Bertz CT molecular complexity index is 560. The molecular weight excluding hydrogens is 216 g/mol. The van der Waals surface area contributed by atoms with Crippen molar-refractivity contribution < 1.29 is 0 Å². The minimum Gasteiger partial charge on any atom is -0.0985 e. The summed E-state index contributed by atoms with van der Waals surface area (Å²) in [7, 11) is 0. The van der Waals surface area contributed by atoms with Crippen LogP contribution in [0.2, 0.25) is 0 Å². The first kappa shape index (κ1) is 12.1. The van der Waals surface area contributed by atoms with E-state index in [0.717, 1.165) is 16.7 Å². The van der Waals surface area contributed by atoms with E-state index in [0.29, 0.717) is 0 Å². The van der Waals surface area contributed by atoms with Gasteiger partial charge in [-0.15, -0.1) is 0 Å². The molecule has 0 bridgehead atoms. The molecule has 2 aromatic rings. The molecule has 0 aliphatic heterocycles. The zero-order valence-electron chi connectivity index (χ0n) is 10.4. The number of hydrogen-bond acceptors (Lipinski definition) is 0. The Morgan fingerprint density at radius 2 is 1.06 bits per heavy atom. The molecule has 0 N–H and O–H groups in total. The lowest BCUT2D eigenvalue weighted by Gasteiger charge is -2.06. The lowest BCUT2D eigenvalue weighted by molar-refractivity contribution is 1.57. The molecule has 0 heterocycles. The minimum absolute atomic E-state index is 1.11. The Morgan fingerprint density at radius 3 is 1.50 bits per heavy atom.